The van der Waals surface area contributed by atoms with Crippen molar-refractivity contribution in [2.75, 3.05) is 26.7 Å². The van der Waals surface area contributed by atoms with E-state index in [-0.39, 0.29) is 11.9 Å². The van der Waals surface area contributed by atoms with Crippen molar-refractivity contribution in [2.45, 2.75) is 18.9 Å². The van der Waals surface area contributed by atoms with Gasteiger partial charge in [-0.3, -0.25) is 9.69 Å². The van der Waals surface area contributed by atoms with Crippen LogP contribution in [-0.2, 0) is 0 Å². The molecular formula is C20H23ClN2O2. The summed E-state index contributed by atoms with van der Waals surface area (Å²) in [7, 11) is 1.60. The number of nitrogens with zero attached hydrogens (tertiary/aromatic N) is 1. The van der Waals surface area contributed by atoms with Gasteiger partial charge in [-0.2, -0.15) is 0 Å². The Morgan fingerprint density at radius 1 is 1.20 bits per heavy atom. The van der Waals surface area contributed by atoms with Crippen molar-refractivity contribution in [3.05, 3.63) is 64.7 Å². The summed E-state index contributed by atoms with van der Waals surface area (Å²) in [5, 5.41) is 3.80. The summed E-state index contributed by atoms with van der Waals surface area (Å²) < 4.78 is 5.19. The molecule has 1 atom stereocenters. The van der Waals surface area contributed by atoms with Gasteiger partial charge in [-0.05, 0) is 55.8 Å². The molecule has 1 aliphatic rings. The average molecular weight is 359 g/mol. The summed E-state index contributed by atoms with van der Waals surface area (Å²) in [4.78, 5) is 14.9. The van der Waals surface area contributed by atoms with Crippen molar-refractivity contribution in [3.8, 4) is 5.75 Å². The van der Waals surface area contributed by atoms with Crippen molar-refractivity contribution >= 4 is 17.5 Å². The Morgan fingerprint density at radius 3 is 2.68 bits per heavy atom. The van der Waals surface area contributed by atoms with Crippen LogP contribution < -0.4 is 10.1 Å². The quantitative estimate of drug-likeness (QED) is 0.851. The average Bonchev–Trinajstić information content (AvgIpc) is 3.17. The van der Waals surface area contributed by atoms with Crippen LogP contribution in [0.2, 0.25) is 5.02 Å². The number of benzene rings is 2. The lowest BCUT2D eigenvalue weighted by Gasteiger charge is -2.29. The third-order valence-electron chi connectivity index (χ3n) is 4.63. The van der Waals surface area contributed by atoms with Gasteiger partial charge in [-0.15, -0.1) is 0 Å². The fraction of sp³-hybridized carbons (Fsp3) is 0.350. The molecule has 2 aromatic rings. The van der Waals surface area contributed by atoms with Crippen molar-refractivity contribution in [1.29, 1.82) is 0 Å². The number of nitrogens with one attached hydrogen (secondary N) is 1. The third-order valence-corrected chi connectivity index (χ3v) is 4.98. The van der Waals surface area contributed by atoms with Crippen molar-refractivity contribution < 1.29 is 9.53 Å². The predicted molar refractivity (Wildman–Crippen MR) is 100 cm³/mol. The maximum atomic E-state index is 12.5. The molecule has 1 fully saturated rings. The SMILES string of the molecule is COc1cccc(C(=O)NCC(c2ccccc2Cl)N2CCCC2)c1. The van der Waals surface area contributed by atoms with Gasteiger partial charge in [0.15, 0.2) is 0 Å². The third kappa shape index (κ3) is 4.33. The number of hydrogen-bond acceptors (Lipinski definition) is 3. The zero-order valence-corrected chi connectivity index (χ0v) is 15.1. The molecule has 1 heterocycles. The van der Waals surface area contributed by atoms with Gasteiger partial charge < -0.3 is 10.1 Å². The summed E-state index contributed by atoms with van der Waals surface area (Å²) >= 11 is 6.41. The molecular weight excluding hydrogens is 336 g/mol. The van der Waals surface area contributed by atoms with E-state index in [4.69, 9.17) is 16.3 Å². The first-order chi connectivity index (χ1) is 12.2. The topological polar surface area (TPSA) is 41.6 Å². The van der Waals surface area contributed by atoms with Gasteiger partial charge in [0.25, 0.3) is 5.91 Å². The highest BCUT2D eigenvalue weighted by molar-refractivity contribution is 6.31. The Bertz CT molecular complexity index is 729. The van der Waals surface area contributed by atoms with Crippen LogP contribution in [0, 0.1) is 0 Å². The Kier molecular flexibility index (Phi) is 5.95. The molecule has 0 aliphatic carbocycles. The predicted octanol–water partition coefficient (Wildman–Crippen LogP) is 3.92. The summed E-state index contributed by atoms with van der Waals surface area (Å²) in [6.45, 7) is 2.59. The maximum absolute atomic E-state index is 12.5. The lowest BCUT2D eigenvalue weighted by Crippen LogP contribution is -2.37. The highest BCUT2D eigenvalue weighted by Gasteiger charge is 2.25. The molecule has 3 rings (SSSR count). The maximum Gasteiger partial charge on any atom is 0.251 e. The zero-order valence-electron chi connectivity index (χ0n) is 14.4. The second-order valence-electron chi connectivity index (χ2n) is 6.22. The minimum absolute atomic E-state index is 0.0887. The molecule has 1 unspecified atom stereocenters. The summed E-state index contributed by atoms with van der Waals surface area (Å²) in [5.41, 5.74) is 1.66. The minimum Gasteiger partial charge on any atom is -0.497 e. The first-order valence-electron chi connectivity index (χ1n) is 8.60. The largest absolute Gasteiger partial charge is 0.497 e. The van der Waals surface area contributed by atoms with Crippen LogP contribution >= 0.6 is 11.6 Å². The van der Waals surface area contributed by atoms with E-state index < -0.39 is 0 Å². The van der Waals surface area contributed by atoms with E-state index in [1.54, 1.807) is 19.2 Å². The second kappa shape index (κ2) is 8.37. The van der Waals surface area contributed by atoms with Crippen LogP contribution in [-0.4, -0.2) is 37.6 Å². The summed E-state index contributed by atoms with van der Waals surface area (Å²) in [6.07, 6.45) is 2.37. The summed E-state index contributed by atoms with van der Waals surface area (Å²) in [5.74, 6) is 0.574. The fourth-order valence-electron chi connectivity index (χ4n) is 3.29. The normalized spacial score (nSPS) is 15.8. The first-order valence-corrected chi connectivity index (χ1v) is 8.97. The van der Waals surface area contributed by atoms with Gasteiger partial charge in [-0.1, -0.05) is 35.9 Å². The van der Waals surface area contributed by atoms with E-state index in [1.807, 2.05) is 36.4 Å². The molecule has 25 heavy (non-hydrogen) atoms. The van der Waals surface area contributed by atoms with Gasteiger partial charge in [-0.25, -0.2) is 0 Å². The Hall–Kier alpha value is -2.04. The van der Waals surface area contributed by atoms with Crippen LogP contribution in [0.3, 0.4) is 0 Å². The minimum atomic E-state index is -0.102. The van der Waals surface area contributed by atoms with Gasteiger partial charge in [0.1, 0.15) is 5.75 Å². The Balaban J connectivity index is 1.74. The lowest BCUT2D eigenvalue weighted by molar-refractivity contribution is 0.0937. The van der Waals surface area contributed by atoms with E-state index >= 15 is 0 Å². The number of carbonyl (C=O) groups excluding carboxylic acids is 1. The number of carbonyl (C=O) groups is 1. The fourth-order valence-corrected chi connectivity index (χ4v) is 3.55. The van der Waals surface area contributed by atoms with E-state index in [2.05, 4.69) is 10.2 Å². The number of amides is 1. The standard InChI is InChI=1S/C20H23ClN2O2/c1-25-16-8-6-7-15(13-16)20(24)22-14-19(23-11-4-5-12-23)17-9-2-3-10-18(17)21/h2-3,6-10,13,19H,4-5,11-12,14H2,1H3,(H,22,24). The number of ether oxygens (including phenoxy) is 1. The Morgan fingerprint density at radius 2 is 1.96 bits per heavy atom. The molecule has 0 bridgehead atoms. The molecule has 1 aliphatic heterocycles. The van der Waals surface area contributed by atoms with E-state index in [1.165, 1.54) is 12.8 Å². The zero-order chi connectivity index (χ0) is 17.6. The van der Waals surface area contributed by atoms with Gasteiger partial charge in [0.2, 0.25) is 0 Å². The number of rotatable bonds is 6. The van der Waals surface area contributed by atoms with Gasteiger partial charge in [0, 0.05) is 17.1 Å². The molecule has 5 heteroatoms. The number of likely N-dealkylation sites (tertiary alicyclic amines) is 1. The van der Waals surface area contributed by atoms with E-state index in [0.29, 0.717) is 17.9 Å². The van der Waals surface area contributed by atoms with Crippen LogP contribution in [0.15, 0.2) is 48.5 Å². The molecule has 0 saturated carbocycles. The van der Waals surface area contributed by atoms with Crippen LogP contribution in [0.5, 0.6) is 5.75 Å². The molecule has 2 aromatic carbocycles. The molecule has 132 valence electrons. The van der Waals surface area contributed by atoms with Gasteiger partial charge in [0.05, 0.1) is 13.2 Å². The lowest BCUT2D eigenvalue weighted by atomic mass is 10.0. The van der Waals surface area contributed by atoms with E-state index in [0.717, 1.165) is 23.7 Å². The van der Waals surface area contributed by atoms with Crippen LogP contribution in [0.25, 0.3) is 0 Å². The smallest absolute Gasteiger partial charge is 0.251 e. The van der Waals surface area contributed by atoms with Crippen LogP contribution in [0.1, 0.15) is 34.8 Å². The molecule has 0 spiro atoms. The molecule has 1 saturated heterocycles. The molecule has 0 aromatic heterocycles. The number of methoxy groups -OCH3 is 1. The number of halogens is 1. The monoisotopic (exact) mass is 358 g/mol. The first kappa shape index (κ1) is 17.8. The molecule has 0 radical (unpaired) electrons. The molecule has 1 N–H and O–H groups in total. The highest BCUT2D eigenvalue weighted by Crippen LogP contribution is 2.29. The van der Waals surface area contributed by atoms with Crippen molar-refractivity contribution in [1.82, 2.24) is 10.2 Å². The van der Waals surface area contributed by atoms with E-state index in [9.17, 15) is 4.79 Å². The van der Waals surface area contributed by atoms with Crippen molar-refractivity contribution in [3.63, 3.8) is 0 Å². The molecule has 4 nitrogen and oxygen atoms in total. The second-order valence-corrected chi connectivity index (χ2v) is 6.63. The Labute approximate surface area is 153 Å². The highest BCUT2D eigenvalue weighted by atomic mass is 35.5. The number of hydrogen-bond donors (Lipinski definition) is 1. The van der Waals surface area contributed by atoms with Crippen LogP contribution in [0.4, 0.5) is 0 Å². The molecule has 1 amide bonds. The van der Waals surface area contributed by atoms with Gasteiger partial charge >= 0.3 is 0 Å². The van der Waals surface area contributed by atoms with Crippen molar-refractivity contribution in [2.24, 2.45) is 0 Å². The summed E-state index contributed by atoms with van der Waals surface area (Å²) in [6, 6.07) is 15.1.